The van der Waals surface area contributed by atoms with Gasteiger partial charge in [-0.3, -0.25) is 0 Å². The lowest BCUT2D eigenvalue weighted by Crippen LogP contribution is -2.38. The maximum absolute atomic E-state index is 13.1. The Morgan fingerprint density at radius 3 is 2.59 bits per heavy atom. The number of methoxy groups -OCH3 is 1. The first-order valence-corrected chi connectivity index (χ1v) is 11.1. The lowest BCUT2D eigenvalue weighted by atomic mass is 9.90. The van der Waals surface area contributed by atoms with E-state index in [1.165, 1.54) is 6.07 Å². The third-order valence-electron chi connectivity index (χ3n) is 6.09. The third kappa shape index (κ3) is 5.19. The van der Waals surface area contributed by atoms with Gasteiger partial charge in [0.05, 0.1) is 24.8 Å². The number of hydrogen-bond donors (Lipinski definition) is 1. The molecular weight excluding hydrogens is 447 g/mol. The lowest BCUT2D eigenvalue weighted by Gasteiger charge is -2.32. The second-order valence-corrected chi connectivity index (χ2v) is 8.96. The van der Waals surface area contributed by atoms with Gasteiger partial charge in [0.15, 0.2) is 11.5 Å². The molecule has 6 nitrogen and oxygen atoms in total. The molecule has 1 unspecified atom stereocenters. The van der Waals surface area contributed by atoms with Gasteiger partial charge >= 0.3 is 6.18 Å². The Balaban J connectivity index is 1.66. The highest BCUT2D eigenvalue weighted by Crippen LogP contribution is 2.39. The highest BCUT2D eigenvalue weighted by molar-refractivity contribution is 5.91. The van der Waals surface area contributed by atoms with Crippen molar-refractivity contribution < 1.29 is 27.4 Å². The maximum Gasteiger partial charge on any atom is 0.416 e. The molecule has 0 bridgehead atoms. The van der Waals surface area contributed by atoms with Crippen molar-refractivity contribution in [3.05, 3.63) is 53.3 Å². The van der Waals surface area contributed by atoms with Gasteiger partial charge in [-0.05, 0) is 51.0 Å². The highest BCUT2D eigenvalue weighted by Gasteiger charge is 2.35. The van der Waals surface area contributed by atoms with Gasteiger partial charge < -0.3 is 19.5 Å². The van der Waals surface area contributed by atoms with E-state index < -0.39 is 17.3 Å². The average Bonchev–Trinajstić information content (AvgIpc) is 3.33. The van der Waals surface area contributed by atoms with Crippen LogP contribution < -0.4 is 14.8 Å². The molecule has 1 atom stereocenters. The highest BCUT2D eigenvalue weighted by atomic mass is 19.4. The van der Waals surface area contributed by atoms with Crippen molar-refractivity contribution in [1.29, 1.82) is 0 Å². The Morgan fingerprint density at radius 2 is 1.91 bits per heavy atom. The Bertz CT molecular complexity index is 1180. The minimum atomic E-state index is -4.39. The van der Waals surface area contributed by atoms with Crippen molar-refractivity contribution in [2.75, 3.05) is 25.6 Å². The summed E-state index contributed by atoms with van der Waals surface area (Å²) in [6.45, 7) is 7.32. The van der Waals surface area contributed by atoms with Crippen LogP contribution in [0.2, 0.25) is 0 Å². The summed E-state index contributed by atoms with van der Waals surface area (Å²) < 4.78 is 56.8. The van der Waals surface area contributed by atoms with Crippen LogP contribution >= 0.6 is 0 Å². The number of rotatable bonds is 7. The molecular formula is C25H28F3N3O3. The molecule has 1 N–H and O–H groups in total. The Kier molecular flexibility index (Phi) is 6.58. The van der Waals surface area contributed by atoms with Crippen LogP contribution in [-0.2, 0) is 17.5 Å². The number of ether oxygens (including phenoxy) is 3. The molecule has 2 aromatic carbocycles. The van der Waals surface area contributed by atoms with E-state index in [0.29, 0.717) is 52.8 Å². The summed E-state index contributed by atoms with van der Waals surface area (Å²) in [5.41, 5.74) is -0.0415. The lowest BCUT2D eigenvalue weighted by molar-refractivity contribution is -0.137. The summed E-state index contributed by atoms with van der Waals surface area (Å²) in [7, 11) is 1.57. The Hall–Kier alpha value is -3.07. The summed E-state index contributed by atoms with van der Waals surface area (Å²) in [4.78, 5) is 9.00. The zero-order chi connectivity index (χ0) is 24.5. The molecule has 1 aromatic heterocycles. The fourth-order valence-electron chi connectivity index (χ4n) is 4.12. The summed E-state index contributed by atoms with van der Waals surface area (Å²) >= 11 is 0. The number of nitrogens with one attached hydrogen (secondary N) is 1. The summed E-state index contributed by atoms with van der Waals surface area (Å²) in [5, 5.41) is 3.86. The van der Waals surface area contributed by atoms with Crippen LogP contribution in [0.15, 0.2) is 36.4 Å². The number of anilines is 1. The van der Waals surface area contributed by atoms with Crippen molar-refractivity contribution in [2.45, 2.75) is 45.5 Å². The molecule has 1 aliphatic rings. The van der Waals surface area contributed by atoms with Gasteiger partial charge in [0, 0.05) is 30.5 Å². The van der Waals surface area contributed by atoms with Gasteiger partial charge in [-0.2, -0.15) is 13.2 Å². The normalized spacial score (nSPS) is 16.6. The van der Waals surface area contributed by atoms with Crippen LogP contribution in [0.3, 0.4) is 0 Å². The molecule has 3 aromatic rings. The molecule has 182 valence electrons. The fraction of sp³-hybridized carbons (Fsp3) is 0.440. The zero-order valence-electron chi connectivity index (χ0n) is 19.6. The minimum absolute atomic E-state index is 0.169. The number of aryl methyl sites for hydroxylation is 1. The third-order valence-corrected chi connectivity index (χ3v) is 6.09. The molecule has 1 fully saturated rings. The maximum atomic E-state index is 13.1. The smallest absolute Gasteiger partial charge is 0.416 e. The monoisotopic (exact) mass is 475 g/mol. The standard InChI is InChI=1S/C25H28F3N3O3/c1-15-30-20-12-21(32-4)22(34-24(2,3)18-8-9-33-14-18)11-19(20)23(31-15)29-13-16-6-5-7-17(10-16)25(26,27)28/h5-7,10-12,18H,8-9,13-14H2,1-4H3,(H,29,30,31). The average molecular weight is 476 g/mol. The fourth-order valence-corrected chi connectivity index (χ4v) is 4.12. The van der Waals surface area contributed by atoms with Crippen molar-refractivity contribution >= 4 is 16.7 Å². The van der Waals surface area contributed by atoms with Gasteiger partial charge in [-0.1, -0.05) is 12.1 Å². The molecule has 0 spiro atoms. The number of fused-ring (bicyclic) bond motifs is 1. The zero-order valence-corrected chi connectivity index (χ0v) is 19.6. The van der Waals surface area contributed by atoms with Crippen molar-refractivity contribution in [2.24, 2.45) is 5.92 Å². The second-order valence-electron chi connectivity index (χ2n) is 8.96. The topological polar surface area (TPSA) is 65.5 Å². The molecule has 1 aliphatic heterocycles. The number of benzene rings is 2. The van der Waals surface area contributed by atoms with Crippen LogP contribution in [0.25, 0.3) is 10.9 Å². The summed E-state index contributed by atoms with van der Waals surface area (Å²) in [6, 6.07) is 8.83. The Morgan fingerprint density at radius 1 is 1.12 bits per heavy atom. The molecule has 1 saturated heterocycles. The van der Waals surface area contributed by atoms with Crippen molar-refractivity contribution in [1.82, 2.24) is 9.97 Å². The van der Waals surface area contributed by atoms with Gasteiger partial charge in [-0.15, -0.1) is 0 Å². The molecule has 0 saturated carbocycles. The van der Waals surface area contributed by atoms with Crippen LogP contribution in [0.4, 0.5) is 19.0 Å². The predicted octanol–water partition coefficient (Wildman–Crippen LogP) is 5.77. The first-order valence-electron chi connectivity index (χ1n) is 11.1. The number of alkyl halides is 3. The van der Waals surface area contributed by atoms with Gasteiger partial charge in [0.2, 0.25) is 0 Å². The van der Waals surface area contributed by atoms with E-state index in [0.717, 1.165) is 18.6 Å². The van der Waals surface area contributed by atoms with E-state index in [-0.39, 0.29) is 12.5 Å². The van der Waals surface area contributed by atoms with Crippen molar-refractivity contribution in [3.63, 3.8) is 0 Å². The first-order chi connectivity index (χ1) is 16.1. The molecule has 4 rings (SSSR count). The van der Waals surface area contributed by atoms with E-state index in [4.69, 9.17) is 14.2 Å². The van der Waals surface area contributed by atoms with E-state index in [1.54, 1.807) is 26.2 Å². The number of nitrogens with zero attached hydrogens (tertiary/aromatic N) is 2. The van der Waals surface area contributed by atoms with E-state index >= 15 is 0 Å². The number of hydrogen-bond acceptors (Lipinski definition) is 6. The van der Waals surface area contributed by atoms with E-state index in [9.17, 15) is 13.2 Å². The molecule has 0 aliphatic carbocycles. The first kappa shape index (κ1) is 24.1. The van der Waals surface area contributed by atoms with E-state index in [1.807, 2.05) is 19.9 Å². The summed E-state index contributed by atoms with van der Waals surface area (Å²) in [5.74, 6) is 2.36. The van der Waals surface area contributed by atoms with Crippen LogP contribution in [-0.4, -0.2) is 35.9 Å². The predicted molar refractivity (Wildman–Crippen MR) is 123 cm³/mol. The minimum Gasteiger partial charge on any atom is -0.493 e. The van der Waals surface area contributed by atoms with Gasteiger partial charge in [0.1, 0.15) is 17.2 Å². The van der Waals surface area contributed by atoms with Crippen LogP contribution in [0.1, 0.15) is 37.2 Å². The molecule has 2 heterocycles. The number of aromatic nitrogens is 2. The molecule has 0 radical (unpaired) electrons. The largest absolute Gasteiger partial charge is 0.493 e. The molecule has 34 heavy (non-hydrogen) atoms. The van der Waals surface area contributed by atoms with Crippen LogP contribution in [0.5, 0.6) is 11.5 Å². The quantitative estimate of drug-likeness (QED) is 0.468. The SMILES string of the molecule is COc1cc2nc(C)nc(NCc3cccc(C(F)(F)F)c3)c2cc1OC(C)(C)C1CCOC1. The molecule has 9 heteroatoms. The summed E-state index contributed by atoms with van der Waals surface area (Å²) in [6.07, 6.45) is -3.48. The van der Waals surface area contributed by atoms with Crippen molar-refractivity contribution in [3.8, 4) is 11.5 Å². The Labute approximate surface area is 196 Å². The van der Waals surface area contributed by atoms with Crippen LogP contribution in [0, 0.1) is 12.8 Å². The molecule has 0 amide bonds. The van der Waals surface area contributed by atoms with Gasteiger partial charge in [-0.25, -0.2) is 9.97 Å². The van der Waals surface area contributed by atoms with Gasteiger partial charge in [0.25, 0.3) is 0 Å². The second kappa shape index (κ2) is 9.29. The van der Waals surface area contributed by atoms with E-state index in [2.05, 4.69) is 15.3 Å². The number of halogens is 3.